The standard InChI is InChI=1S/C14H16N4OS/c1-16(8-11-7-15-17(2)9-11)10-18-12-5-3-4-6-13(12)19-14(18)20/h3-7,9H,8,10H2,1-2H3. The van der Waals surface area contributed by atoms with Gasteiger partial charge in [-0.05, 0) is 31.4 Å². The highest BCUT2D eigenvalue weighted by Gasteiger charge is 2.09. The average molecular weight is 288 g/mol. The number of hydrogen-bond donors (Lipinski definition) is 0. The molecule has 6 heteroatoms. The molecule has 2 aromatic heterocycles. The van der Waals surface area contributed by atoms with Crippen LogP contribution in [0.15, 0.2) is 41.1 Å². The van der Waals surface area contributed by atoms with Crippen molar-refractivity contribution in [1.29, 1.82) is 0 Å². The molecule has 0 atom stereocenters. The third-order valence-corrected chi connectivity index (χ3v) is 3.47. The zero-order valence-electron chi connectivity index (χ0n) is 11.5. The lowest BCUT2D eigenvalue weighted by atomic mass is 10.3. The van der Waals surface area contributed by atoms with Crippen molar-refractivity contribution >= 4 is 23.3 Å². The van der Waals surface area contributed by atoms with Crippen LogP contribution in [-0.2, 0) is 20.3 Å². The summed E-state index contributed by atoms with van der Waals surface area (Å²) in [6.45, 7) is 1.50. The molecule has 0 bridgehead atoms. The van der Waals surface area contributed by atoms with E-state index >= 15 is 0 Å². The number of aryl methyl sites for hydroxylation is 1. The summed E-state index contributed by atoms with van der Waals surface area (Å²) >= 11 is 5.29. The molecule has 0 aliphatic carbocycles. The highest BCUT2D eigenvalue weighted by Crippen LogP contribution is 2.17. The summed E-state index contributed by atoms with van der Waals surface area (Å²) in [6.07, 6.45) is 3.90. The van der Waals surface area contributed by atoms with Gasteiger partial charge in [-0.25, -0.2) is 0 Å². The largest absolute Gasteiger partial charge is 0.429 e. The molecule has 0 unspecified atom stereocenters. The Labute approximate surface area is 122 Å². The number of hydrogen-bond acceptors (Lipinski definition) is 4. The topological polar surface area (TPSA) is 39.1 Å². The minimum absolute atomic E-state index is 0.504. The zero-order chi connectivity index (χ0) is 14.1. The normalized spacial score (nSPS) is 11.6. The Balaban J connectivity index is 1.82. The molecule has 0 saturated heterocycles. The lowest BCUT2D eigenvalue weighted by Gasteiger charge is -2.16. The average Bonchev–Trinajstić information content (AvgIpc) is 2.94. The van der Waals surface area contributed by atoms with Gasteiger partial charge in [-0.1, -0.05) is 12.1 Å². The molecular weight excluding hydrogens is 272 g/mol. The molecule has 20 heavy (non-hydrogen) atoms. The van der Waals surface area contributed by atoms with Crippen molar-refractivity contribution in [2.45, 2.75) is 13.2 Å². The molecule has 3 rings (SSSR count). The molecule has 2 heterocycles. The van der Waals surface area contributed by atoms with Crippen LogP contribution in [0.3, 0.4) is 0 Å². The predicted octanol–water partition coefficient (Wildman–Crippen LogP) is 2.79. The van der Waals surface area contributed by atoms with Gasteiger partial charge in [-0.15, -0.1) is 0 Å². The van der Waals surface area contributed by atoms with E-state index in [4.69, 9.17) is 16.6 Å². The van der Waals surface area contributed by atoms with E-state index in [1.54, 1.807) is 0 Å². The van der Waals surface area contributed by atoms with E-state index in [1.165, 1.54) is 5.56 Å². The molecule has 0 spiro atoms. The summed E-state index contributed by atoms with van der Waals surface area (Å²) in [5, 5.41) is 4.18. The van der Waals surface area contributed by atoms with E-state index in [2.05, 4.69) is 17.0 Å². The van der Waals surface area contributed by atoms with Crippen LogP contribution in [0, 0.1) is 4.84 Å². The maximum absolute atomic E-state index is 5.59. The first-order valence-corrected chi connectivity index (χ1v) is 6.79. The number of rotatable bonds is 4. The van der Waals surface area contributed by atoms with Gasteiger partial charge in [0.2, 0.25) is 0 Å². The Kier molecular flexibility index (Phi) is 3.42. The third kappa shape index (κ3) is 2.52. The minimum Gasteiger partial charge on any atom is -0.429 e. The maximum atomic E-state index is 5.59. The summed E-state index contributed by atoms with van der Waals surface area (Å²) in [6, 6.07) is 7.89. The molecule has 3 aromatic rings. The monoisotopic (exact) mass is 288 g/mol. The summed E-state index contributed by atoms with van der Waals surface area (Å²) in [4.78, 5) is 2.68. The molecule has 0 aliphatic heterocycles. The van der Waals surface area contributed by atoms with Crippen LogP contribution in [0.1, 0.15) is 5.56 Å². The van der Waals surface area contributed by atoms with Crippen LogP contribution < -0.4 is 0 Å². The quantitative estimate of drug-likeness (QED) is 0.692. The van der Waals surface area contributed by atoms with Crippen molar-refractivity contribution in [2.24, 2.45) is 7.05 Å². The first kappa shape index (κ1) is 13.1. The molecular formula is C14H16N4OS. The number of benzene rings is 1. The van der Waals surface area contributed by atoms with Gasteiger partial charge in [-0.3, -0.25) is 14.1 Å². The van der Waals surface area contributed by atoms with Gasteiger partial charge in [0.05, 0.1) is 18.4 Å². The van der Waals surface area contributed by atoms with E-state index in [0.717, 1.165) is 17.6 Å². The van der Waals surface area contributed by atoms with Crippen LogP contribution in [0.25, 0.3) is 11.1 Å². The van der Waals surface area contributed by atoms with E-state index in [-0.39, 0.29) is 0 Å². The van der Waals surface area contributed by atoms with E-state index in [0.29, 0.717) is 11.5 Å². The van der Waals surface area contributed by atoms with Crippen molar-refractivity contribution in [3.8, 4) is 0 Å². The Morgan fingerprint density at radius 3 is 2.90 bits per heavy atom. The van der Waals surface area contributed by atoms with Crippen LogP contribution in [-0.4, -0.2) is 26.3 Å². The molecule has 0 N–H and O–H groups in total. The molecule has 0 saturated carbocycles. The molecule has 104 valence electrons. The van der Waals surface area contributed by atoms with Gasteiger partial charge in [-0.2, -0.15) is 5.10 Å². The van der Waals surface area contributed by atoms with Crippen molar-refractivity contribution in [1.82, 2.24) is 19.2 Å². The predicted molar refractivity (Wildman–Crippen MR) is 79.7 cm³/mol. The number of para-hydroxylation sites is 2. The zero-order valence-corrected chi connectivity index (χ0v) is 12.3. The molecule has 0 fully saturated rings. The number of aromatic nitrogens is 3. The molecule has 0 aliphatic rings. The Hall–Kier alpha value is -1.92. The molecule has 0 radical (unpaired) electrons. The second kappa shape index (κ2) is 5.22. The van der Waals surface area contributed by atoms with Gasteiger partial charge < -0.3 is 4.42 Å². The van der Waals surface area contributed by atoms with Gasteiger partial charge in [0.15, 0.2) is 5.58 Å². The van der Waals surface area contributed by atoms with E-state index in [9.17, 15) is 0 Å². The second-order valence-corrected chi connectivity index (χ2v) is 5.29. The summed E-state index contributed by atoms with van der Waals surface area (Å²) in [5.74, 6) is 0. The van der Waals surface area contributed by atoms with Crippen molar-refractivity contribution in [3.05, 3.63) is 47.1 Å². The number of oxazole rings is 1. The fourth-order valence-electron chi connectivity index (χ4n) is 2.30. The Morgan fingerprint density at radius 1 is 1.35 bits per heavy atom. The second-order valence-electron chi connectivity index (χ2n) is 4.94. The molecule has 1 aromatic carbocycles. The van der Waals surface area contributed by atoms with Crippen molar-refractivity contribution in [3.63, 3.8) is 0 Å². The lowest BCUT2D eigenvalue weighted by molar-refractivity contribution is 0.257. The fourth-order valence-corrected chi connectivity index (χ4v) is 2.55. The third-order valence-electron chi connectivity index (χ3n) is 3.17. The van der Waals surface area contributed by atoms with Gasteiger partial charge >= 0.3 is 0 Å². The summed E-state index contributed by atoms with van der Waals surface area (Å²) in [7, 11) is 3.97. The van der Waals surface area contributed by atoms with E-state index in [1.807, 2.05) is 53.0 Å². The molecule has 0 amide bonds. The van der Waals surface area contributed by atoms with Gasteiger partial charge in [0, 0.05) is 25.4 Å². The van der Waals surface area contributed by atoms with Crippen LogP contribution in [0.2, 0.25) is 0 Å². The van der Waals surface area contributed by atoms with Crippen LogP contribution in [0.4, 0.5) is 0 Å². The molecule has 5 nitrogen and oxygen atoms in total. The lowest BCUT2D eigenvalue weighted by Crippen LogP contribution is -2.21. The Morgan fingerprint density at radius 2 is 2.15 bits per heavy atom. The minimum atomic E-state index is 0.504. The summed E-state index contributed by atoms with van der Waals surface area (Å²) < 4.78 is 9.40. The van der Waals surface area contributed by atoms with Gasteiger partial charge in [0.25, 0.3) is 4.84 Å². The number of nitrogens with zero attached hydrogens (tertiary/aromatic N) is 4. The maximum Gasteiger partial charge on any atom is 0.270 e. The highest BCUT2D eigenvalue weighted by molar-refractivity contribution is 7.71. The van der Waals surface area contributed by atoms with Gasteiger partial charge in [0.1, 0.15) is 0 Å². The first-order valence-electron chi connectivity index (χ1n) is 6.38. The van der Waals surface area contributed by atoms with Crippen LogP contribution >= 0.6 is 12.2 Å². The smallest absolute Gasteiger partial charge is 0.270 e. The SMILES string of the molecule is CN(Cc1cnn(C)c1)Cn1c(=S)oc2ccccc21. The fraction of sp³-hybridized carbons (Fsp3) is 0.286. The van der Waals surface area contributed by atoms with Crippen molar-refractivity contribution in [2.75, 3.05) is 7.05 Å². The first-order chi connectivity index (χ1) is 9.63. The Bertz CT molecular complexity index is 786. The summed E-state index contributed by atoms with van der Waals surface area (Å²) in [5.41, 5.74) is 3.03. The highest BCUT2D eigenvalue weighted by atomic mass is 32.1. The van der Waals surface area contributed by atoms with E-state index < -0.39 is 0 Å². The number of fused-ring (bicyclic) bond motifs is 1. The van der Waals surface area contributed by atoms with Crippen LogP contribution in [0.5, 0.6) is 0 Å². The van der Waals surface area contributed by atoms with Crippen molar-refractivity contribution < 1.29 is 4.42 Å².